The third kappa shape index (κ3) is 3.86. The predicted molar refractivity (Wildman–Crippen MR) is 87.7 cm³/mol. The summed E-state index contributed by atoms with van der Waals surface area (Å²) in [5.74, 6) is 0.0450. The van der Waals surface area contributed by atoms with Crippen LogP contribution in [0.1, 0.15) is 11.1 Å². The van der Waals surface area contributed by atoms with Crippen LogP contribution in [0.4, 0.5) is 4.39 Å². The molecule has 0 amide bonds. The topological polar surface area (TPSA) is 44.8 Å². The lowest BCUT2D eigenvalue weighted by molar-refractivity contribution is -0.138. The fourth-order valence-electron chi connectivity index (χ4n) is 2.22. The van der Waals surface area contributed by atoms with E-state index in [0.29, 0.717) is 40.9 Å². The summed E-state index contributed by atoms with van der Waals surface area (Å²) in [6.07, 6.45) is 2.55. The average Bonchev–Trinajstić information content (AvgIpc) is 2.59. The molecule has 2 aromatic carbocycles. The monoisotopic (exact) mass is 348 g/mol. The fraction of sp³-hybridized carbons (Fsp3) is 0.167. The lowest BCUT2D eigenvalue weighted by Crippen LogP contribution is -2.16. The Morgan fingerprint density at radius 3 is 2.88 bits per heavy atom. The van der Waals surface area contributed by atoms with Crippen LogP contribution in [0.25, 0.3) is 6.08 Å². The molecule has 0 N–H and O–H groups in total. The second kappa shape index (κ2) is 7.36. The highest BCUT2D eigenvalue weighted by molar-refractivity contribution is 6.32. The van der Waals surface area contributed by atoms with E-state index in [4.69, 9.17) is 25.8 Å². The van der Waals surface area contributed by atoms with Crippen LogP contribution in [-0.2, 0) is 16.1 Å². The number of carbonyl (C=O) groups is 1. The largest absolute Gasteiger partial charge is 0.486 e. The van der Waals surface area contributed by atoms with E-state index in [1.807, 2.05) is 0 Å². The second-order valence-electron chi connectivity index (χ2n) is 5.06. The summed E-state index contributed by atoms with van der Waals surface area (Å²) < 4.78 is 29.5. The maximum absolute atomic E-state index is 13.5. The molecule has 0 unspecified atom stereocenters. The Morgan fingerprint density at radius 2 is 2.04 bits per heavy atom. The number of esters is 1. The van der Waals surface area contributed by atoms with E-state index in [-0.39, 0.29) is 6.61 Å². The van der Waals surface area contributed by atoms with Crippen molar-refractivity contribution in [2.24, 2.45) is 0 Å². The standard InChI is InChI=1S/C18H14ClFO4/c19-14-9-12(10-16-18(14)23-8-7-22-16)11-24-17(21)6-5-13-3-1-2-4-15(13)20/h1-6,9-10H,7-8,11H2/b6-5+. The third-order valence-corrected chi connectivity index (χ3v) is 3.62. The third-order valence-electron chi connectivity index (χ3n) is 3.34. The quantitative estimate of drug-likeness (QED) is 0.618. The van der Waals surface area contributed by atoms with Gasteiger partial charge in [-0.1, -0.05) is 29.8 Å². The molecule has 0 aliphatic carbocycles. The summed E-state index contributed by atoms with van der Waals surface area (Å²) >= 11 is 6.12. The van der Waals surface area contributed by atoms with E-state index < -0.39 is 11.8 Å². The zero-order valence-electron chi connectivity index (χ0n) is 12.6. The highest BCUT2D eigenvalue weighted by Gasteiger charge is 2.17. The van der Waals surface area contributed by atoms with Crippen molar-refractivity contribution in [3.05, 3.63) is 64.4 Å². The molecule has 0 radical (unpaired) electrons. The Labute approximate surface area is 143 Å². The number of hydrogen-bond donors (Lipinski definition) is 0. The zero-order valence-corrected chi connectivity index (χ0v) is 13.4. The Kier molecular flexibility index (Phi) is 5.01. The highest BCUT2D eigenvalue weighted by Crippen LogP contribution is 2.38. The molecule has 0 saturated heterocycles. The van der Waals surface area contributed by atoms with Crippen molar-refractivity contribution in [2.45, 2.75) is 6.61 Å². The van der Waals surface area contributed by atoms with Gasteiger partial charge in [0.1, 0.15) is 25.6 Å². The van der Waals surface area contributed by atoms with Crippen LogP contribution < -0.4 is 9.47 Å². The SMILES string of the molecule is O=C(/C=C/c1ccccc1F)OCc1cc(Cl)c2c(c1)OCCO2. The van der Waals surface area contributed by atoms with Crippen molar-refractivity contribution in [3.63, 3.8) is 0 Å². The smallest absolute Gasteiger partial charge is 0.331 e. The van der Waals surface area contributed by atoms with Crippen LogP contribution in [0.3, 0.4) is 0 Å². The minimum absolute atomic E-state index is 0.0246. The Balaban J connectivity index is 1.62. The Hall–Kier alpha value is -2.53. The van der Waals surface area contributed by atoms with Gasteiger partial charge in [-0.05, 0) is 29.8 Å². The van der Waals surface area contributed by atoms with Crippen LogP contribution >= 0.6 is 11.6 Å². The molecule has 24 heavy (non-hydrogen) atoms. The molecule has 6 heteroatoms. The van der Waals surface area contributed by atoms with E-state index in [9.17, 15) is 9.18 Å². The fourth-order valence-corrected chi connectivity index (χ4v) is 2.51. The van der Waals surface area contributed by atoms with Crippen molar-refractivity contribution in [1.29, 1.82) is 0 Å². The first-order valence-electron chi connectivity index (χ1n) is 7.31. The summed E-state index contributed by atoms with van der Waals surface area (Å²) in [7, 11) is 0. The normalized spacial score (nSPS) is 13.1. The molecule has 124 valence electrons. The van der Waals surface area contributed by atoms with E-state index in [0.717, 1.165) is 0 Å². The predicted octanol–water partition coefficient (Wildman–Crippen LogP) is 4.01. The zero-order chi connectivity index (χ0) is 16.9. The first kappa shape index (κ1) is 16.3. The molecule has 0 spiro atoms. The molecule has 1 aliphatic rings. The second-order valence-corrected chi connectivity index (χ2v) is 5.47. The first-order chi connectivity index (χ1) is 11.6. The van der Waals surface area contributed by atoms with Gasteiger partial charge in [0.05, 0.1) is 5.02 Å². The van der Waals surface area contributed by atoms with Crippen molar-refractivity contribution in [1.82, 2.24) is 0 Å². The summed E-state index contributed by atoms with van der Waals surface area (Å²) in [5, 5.41) is 0.403. The number of benzene rings is 2. The molecule has 0 saturated carbocycles. The summed E-state index contributed by atoms with van der Waals surface area (Å²) in [4.78, 5) is 11.8. The Morgan fingerprint density at radius 1 is 1.25 bits per heavy atom. The molecule has 1 aliphatic heterocycles. The van der Waals surface area contributed by atoms with Gasteiger partial charge in [0.15, 0.2) is 11.5 Å². The summed E-state index contributed by atoms with van der Waals surface area (Å²) in [5.41, 5.74) is 0.994. The van der Waals surface area contributed by atoms with Gasteiger partial charge >= 0.3 is 5.97 Å². The molecule has 0 bridgehead atoms. The summed E-state index contributed by atoms with van der Waals surface area (Å²) in [6.45, 7) is 0.913. The van der Waals surface area contributed by atoms with Gasteiger partial charge in [-0.2, -0.15) is 0 Å². The minimum atomic E-state index is -0.579. The van der Waals surface area contributed by atoms with Gasteiger partial charge in [-0.3, -0.25) is 0 Å². The van der Waals surface area contributed by atoms with Crippen LogP contribution in [0.5, 0.6) is 11.5 Å². The van der Waals surface area contributed by atoms with Crippen molar-refractivity contribution in [3.8, 4) is 11.5 Å². The van der Waals surface area contributed by atoms with Crippen LogP contribution in [0.15, 0.2) is 42.5 Å². The number of ether oxygens (including phenoxy) is 3. The van der Waals surface area contributed by atoms with Crippen molar-refractivity contribution >= 4 is 23.6 Å². The molecular formula is C18H14ClFO4. The molecule has 2 aromatic rings. The average molecular weight is 349 g/mol. The number of rotatable bonds is 4. The van der Waals surface area contributed by atoms with E-state index in [1.54, 1.807) is 30.3 Å². The lowest BCUT2D eigenvalue weighted by Gasteiger charge is -2.20. The first-order valence-corrected chi connectivity index (χ1v) is 7.68. The van der Waals surface area contributed by atoms with E-state index >= 15 is 0 Å². The minimum Gasteiger partial charge on any atom is -0.486 e. The van der Waals surface area contributed by atoms with Crippen LogP contribution in [0.2, 0.25) is 5.02 Å². The molecule has 4 nitrogen and oxygen atoms in total. The number of hydrogen-bond acceptors (Lipinski definition) is 4. The molecular weight excluding hydrogens is 335 g/mol. The molecule has 0 atom stereocenters. The van der Waals surface area contributed by atoms with Crippen LogP contribution in [0, 0.1) is 5.82 Å². The van der Waals surface area contributed by atoms with Gasteiger partial charge < -0.3 is 14.2 Å². The number of halogens is 2. The van der Waals surface area contributed by atoms with Crippen molar-refractivity contribution in [2.75, 3.05) is 13.2 Å². The number of carbonyl (C=O) groups excluding carboxylic acids is 1. The van der Waals surface area contributed by atoms with Gasteiger partial charge in [-0.25, -0.2) is 9.18 Å². The van der Waals surface area contributed by atoms with E-state index in [2.05, 4.69) is 0 Å². The molecule has 0 aromatic heterocycles. The molecule has 3 rings (SSSR count). The molecule has 0 fully saturated rings. The van der Waals surface area contributed by atoms with Gasteiger partial charge in [0.25, 0.3) is 0 Å². The van der Waals surface area contributed by atoms with Gasteiger partial charge in [0.2, 0.25) is 0 Å². The van der Waals surface area contributed by atoms with Gasteiger partial charge in [-0.15, -0.1) is 0 Å². The highest BCUT2D eigenvalue weighted by atomic mass is 35.5. The summed E-state index contributed by atoms with van der Waals surface area (Å²) in [6, 6.07) is 9.53. The van der Waals surface area contributed by atoms with Crippen molar-refractivity contribution < 1.29 is 23.4 Å². The van der Waals surface area contributed by atoms with E-state index in [1.165, 1.54) is 18.2 Å². The van der Waals surface area contributed by atoms with Gasteiger partial charge in [0, 0.05) is 11.6 Å². The van der Waals surface area contributed by atoms with Crippen LogP contribution in [-0.4, -0.2) is 19.2 Å². The Bertz CT molecular complexity index is 789. The number of fused-ring (bicyclic) bond motifs is 1. The maximum Gasteiger partial charge on any atom is 0.331 e. The maximum atomic E-state index is 13.5. The molecule has 1 heterocycles. The lowest BCUT2D eigenvalue weighted by atomic mass is 10.2.